The molecule has 1 aromatic carbocycles. The second-order valence-electron chi connectivity index (χ2n) is 5.40. The van der Waals surface area contributed by atoms with Crippen LogP contribution < -0.4 is 0 Å². The van der Waals surface area contributed by atoms with Crippen molar-refractivity contribution in [3.05, 3.63) is 29.3 Å². The van der Waals surface area contributed by atoms with Gasteiger partial charge in [-0.1, -0.05) is 6.07 Å². The van der Waals surface area contributed by atoms with Crippen molar-refractivity contribution in [1.82, 2.24) is 4.31 Å². The minimum atomic E-state index is -3.51. The molecule has 0 spiro atoms. The Morgan fingerprint density at radius 3 is 2.65 bits per heavy atom. The van der Waals surface area contributed by atoms with E-state index >= 15 is 0 Å². The molecule has 2 rings (SSSR count). The van der Waals surface area contributed by atoms with Crippen molar-refractivity contribution in [2.75, 3.05) is 6.54 Å². The standard InChI is InChI=1S/C15H20N2O2S/c1-12(2)17(10-4-9-16)20(18,19)15-8-7-13-5-3-6-14(13)11-15/h7-8,11-12H,3-6,10H2,1-2H3. The summed E-state index contributed by atoms with van der Waals surface area (Å²) in [5.74, 6) is 0. The number of benzene rings is 1. The van der Waals surface area contributed by atoms with Crippen molar-refractivity contribution in [2.24, 2.45) is 0 Å². The van der Waals surface area contributed by atoms with Crippen LogP contribution in [0.3, 0.4) is 0 Å². The highest BCUT2D eigenvalue weighted by Crippen LogP contribution is 2.27. The van der Waals surface area contributed by atoms with Crippen LogP contribution >= 0.6 is 0 Å². The summed E-state index contributed by atoms with van der Waals surface area (Å²) in [4.78, 5) is 0.352. The number of nitriles is 1. The Kier molecular flexibility index (Phi) is 4.46. The van der Waals surface area contributed by atoms with E-state index in [9.17, 15) is 8.42 Å². The maximum absolute atomic E-state index is 12.7. The Morgan fingerprint density at radius 1 is 1.30 bits per heavy atom. The molecule has 5 heteroatoms. The minimum Gasteiger partial charge on any atom is -0.207 e. The molecule has 1 aliphatic carbocycles. The van der Waals surface area contributed by atoms with Crippen LogP contribution in [0.4, 0.5) is 0 Å². The normalized spacial score (nSPS) is 14.6. The zero-order valence-electron chi connectivity index (χ0n) is 12.0. The van der Waals surface area contributed by atoms with Gasteiger partial charge in [-0.05, 0) is 56.4 Å². The lowest BCUT2D eigenvalue weighted by Gasteiger charge is -2.25. The number of nitrogens with zero attached hydrogens (tertiary/aromatic N) is 2. The highest BCUT2D eigenvalue weighted by molar-refractivity contribution is 7.89. The average molecular weight is 292 g/mol. The fourth-order valence-electron chi connectivity index (χ4n) is 2.66. The first-order valence-corrected chi connectivity index (χ1v) is 8.41. The quantitative estimate of drug-likeness (QED) is 0.837. The molecule has 1 aliphatic rings. The summed E-state index contributed by atoms with van der Waals surface area (Å²) in [5.41, 5.74) is 2.41. The molecule has 0 bridgehead atoms. The van der Waals surface area contributed by atoms with Gasteiger partial charge in [0.2, 0.25) is 10.0 Å². The van der Waals surface area contributed by atoms with Crippen molar-refractivity contribution in [3.63, 3.8) is 0 Å². The van der Waals surface area contributed by atoms with Crippen LogP contribution in [0.5, 0.6) is 0 Å². The first-order chi connectivity index (χ1) is 9.46. The van der Waals surface area contributed by atoms with Gasteiger partial charge in [-0.25, -0.2) is 8.42 Å². The van der Waals surface area contributed by atoms with E-state index in [-0.39, 0.29) is 19.0 Å². The van der Waals surface area contributed by atoms with E-state index in [0.717, 1.165) is 24.8 Å². The van der Waals surface area contributed by atoms with E-state index in [1.54, 1.807) is 12.1 Å². The van der Waals surface area contributed by atoms with E-state index < -0.39 is 10.0 Å². The molecule has 0 saturated carbocycles. The molecule has 0 radical (unpaired) electrons. The van der Waals surface area contributed by atoms with Gasteiger partial charge >= 0.3 is 0 Å². The number of rotatable bonds is 5. The van der Waals surface area contributed by atoms with Gasteiger partial charge < -0.3 is 0 Å². The zero-order chi connectivity index (χ0) is 14.8. The number of aryl methyl sites for hydroxylation is 2. The largest absolute Gasteiger partial charge is 0.243 e. The predicted molar refractivity (Wildman–Crippen MR) is 77.7 cm³/mol. The third-order valence-electron chi connectivity index (χ3n) is 3.70. The lowest BCUT2D eigenvalue weighted by atomic mass is 10.1. The number of fused-ring (bicyclic) bond motifs is 1. The lowest BCUT2D eigenvalue weighted by molar-refractivity contribution is 0.360. The fraction of sp³-hybridized carbons (Fsp3) is 0.533. The lowest BCUT2D eigenvalue weighted by Crippen LogP contribution is -2.37. The summed E-state index contributed by atoms with van der Waals surface area (Å²) in [6, 6.07) is 7.29. The Bertz CT molecular complexity index is 630. The molecule has 0 aromatic heterocycles. The molecule has 108 valence electrons. The summed E-state index contributed by atoms with van der Waals surface area (Å²) < 4.78 is 26.8. The van der Waals surface area contributed by atoms with E-state index in [1.165, 1.54) is 9.87 Å². The second kappa shape index (κ2) is 5.94. The van der Waals surface area contributed by atoms with Gasteiger partial charge in [0.1, 0.15) is 0 Å². The molecule has 0 saturated heterocycles. The number of sulfonamides is 1. The molecule has 20 heavy (non-hydrogen) atoms. The Labute approximate surface area is 121 Å². The first kappa shape index (κ1) is 15.0. The minimum absolute atomic E-state index is 0.151. The summed E-state index contributed by atoms with van der Waals surface area (Å²) >= 11 is 0. The summed E-state index contributed by atoms with van der Waals surface area (Å²) in [6.45, 7) is 3.91. The maximum atomic E-state index is 12.7. The van der Waals surface area contributed by atoms with Crippen molar-refractivity contribution < 1.29 is 8.42 Å². The molecule has 0 atom stereocenters. The Balaban J connectivity index is 2.35. The van der Waals surface area contributed by atoms with Crippen LogP contribution in [0, 0.1) is 11.3 Å². The Morgan fingerprint density at radius 2 is 2.00 bits per heavy atom. The van der Waals surface area contributed by atoms with Crippen LogP contribution in [-0.4, -0.2) is 25.3 Å². The molecule has 1 aromatic rings. The third-order valence-corrected chi connectivity index (χ3v) is 5.77. The molecule has 0 unspecified atom stereocenters. The van der Waals surface area contributed by atoms with E-state index in [1.807, 2.05) is 26.0 Å². The predicted octanol–water partition coefficient (Wildman–Crippen LogP) is 2.49. The highest BCUT2D eigenvalue weighted by Gasteiger charge is 2.27. The monoisotopic (exact) mass is 292 g/mol. The van der Waals surface area contributed by atoms with Crippen molar-refractivity contribution in [2.45, 2.75) is 50.5 Å². The van der Waals surface area contributed by atoms with E-state index in [0.29, 0.717) is 4.90 Å². The molecule has 4 nitrogen and oxygen atoms in total. The van der Waals surface area contributed by atoms with Crippen LogP contribution in [0.15, 0.2) is 23.1 Å². The molecule has 0 N–H and O–H groups in total. The third kappa shape index (κ3) is 2.87. The second-order valence-corrected chi connectivity index (χ2v) is 7.29. The van der Waals surface area contributed by atoms with Gasteiger partial charge in [-0.3, -0.25) is 0 Å². The first-order valence-electron chi connectivity index (χ1n) is 6.97. The van der Waals surface area contributed by atoms with Gasteiger partial charge in [0.05, 0.1) is 11.0 Å². The summed E-state index contributed by atoms with van der Waals surface area (Å²) in [5, 5.41) is 8.69. The van der Waals surface area contributed by atoms with Gasteiger partial charge in [0.15, 0.2) is 0 Å². The van der Waals surface area contributed by atoms with Gasteiger partial charge in [-0.15, -0.1) is 0 Å². The molecule has 0 fully saturated rings. The molecule has 0 aliphatic heterocycles. The van der Waals surface area contributed by atoms with Crippen molar-refractivity contribution in [3.8, 4) is 6.07 Å². The average Bonchev–Trinajstić information content (AvgIpc) is 2.85. The molecule has 0 heterocycles. The maximum Gasteiger partial charge on any atom is 0.243 e. The number of hydrogen-bond acceptors (Lipinski definition) is 3. The van der Waals surface area contributed by atoms with Gasteiger partial charge in [0, 0.05) is 19.0 Å². The topological polar surface area (TPSA) is 61.2 Å². The molecular weight excluding hydrogens is 272 g/mol. The Hall–Kier alpha value is -1.38. The van der Waals surface area contributed by atoms with Crippen LogP contribution in [0.1, 0.15) is 37.8 Å². The van der Waals surface area contributed by atoms with E-state index in [2.05, 4.69) is 0 Å². The smallest absolute Gasteiger partial charge is 0.207 e. The van der Waals surface area contributed by atoms with Crippen LogP contribution in [-0.2, 0) is 22.9 Å². The molecular formula is C15H20N2O2S. The SMILES string of the molecule is CC(C)N(CCC#N)S(=O)(=O)c1ccc2c(c1)CCC2. The molecule has 0 amide bonds. The highest BCUT2D eigenvalue weighted by atomic mass is 32.2. The fourth-order valence-corrected chi connectivity index (χ4v) is 4.35. The van der Waals surface area contributed by atoms with E-state index in [4.69, 9.17) is 5.26 Å². The van der Waals surface area contributed by atoms with Crippen LogP contribution in [0.25, 0.3) is 0 Å². The van der Waals surface area contributed by atoms with Crippen molar-refractivity contribution in [1.29, 1.82) is 5.26 Å². The van der Waals surface area contributed by atoms with Gasteiger partial charge in [0.25, 0.3) is 0 Å². The zero-order valence-corrected chi connectivity index (χ0v) is 12.8. The summed E-state index contributed by atoms with van der Waals surface area (Å²) in [7, 11) is -3.51. The summed E-state index contributed by atoms with van der Waals surface area (Å²) in [6.07, 6.45) is 3.31. The van der Waals surface area contributed by atoms with Crippen molar-refractivity contribution >= 4 is 10.0 Å². The number of hydrogen-bond donors (Lipinski definition) is 0. The van der Waals surface area contributed by atoms with Crippen LogP contribution in [0.2, 0.25) is 0 Å². The van der Waals surface area contributed by atoms with Gasteiger partial charge in [-0.2, -0.15) is 9.57 Å².